The molecule has 11 heavy (non-hydrogen) atoms. The molecule has 0 radical (unpaired) electrons. The quantitative estimate of drug-likeness (QED) is 0.607. The van der Waals surface area contributed by atoms with Crippen molar-refractivity contribution < 1.29 is 0 Å². The summed E-state index contributed by atoms with van der Waals surface area (Å²) in [6.45, 7) is 1.13. The summed E-state index contributed by atoms with van der Waals surface area (Å²) < 4.78 is 0. The van der Waals surface area contributed by atoms with Crippen molar-refractivity contribution in [2.45, 2.75) is 31.7 Å². The highest BCUT2D eigenvalue weighted by Gasteiger charge is 2.07. The van der Waals surface area contributed by atoms with Gasteiger partial charge in [-0.2, -0.15) is 5.26 Å². The Kier molecular flexibility index (Phi) is 3.71. The molecule has 1 fully saturated rings. The third-order valence-corrected chi connectivity index (χ3v) is 1.93. The number of rotatable bonds is 2. The molecule has 2 nitrogen and oxygen atoms in total. The SMILES string of the molecule is N#CC/C=C/C1CCCCN1. The Morgan fingerprint density at radius 2 is 2.45 bits per heavy atom. The van der Waals surface area contributed by atoms with Gasteiger partial charge in [0.05, 0.1) is 12.5 Å². The molecule has 0 aliphatic carbocycles. The lowest BCUT2D eigenvalue weighted by atomic mass is 10.0. The van der Waals surface area contributed by atoms with E-state index in [4.69, 9.17) is 5.26 Å². The lowest BCUT2D eigenvalue weighted by molar-refractivity contribution is 0.454. The van der Waals surface area contributed by atoms with Crippen LogP contribution in [-0.2, 0) is 0 Å². The maximum absolute atomic E-state index is 8.27. The van der Waals surface area contributed by atoms with Crippen molar-refractivity contribution in [2.24, 2.45) is 0 Å². The summed E-state index contributed by atoms with van der Waals surface area (Å²) in [7, 11) is 0. The van der Waals surface area contributed by atoms with Gasteiger partial charge in [0.2, 0.25) is 0 Å². The molecule has 1 saturated heterocycles. The second-order valence-corrected chi connectivity index (χ2v) is 2.85. The lowest BCUT2D eigenvalue weighted by Crippen LogP contribution is -2.32. The zero-order chi connectivity index (χ0) is 7.94. The summed E-state index contributed by atoms with van der Waals surface area (Å²) in [6, 6.07) is 2.62. The summed E-state index contributed by atoms with van der Waals surface area (Å²) in [5, 5.41) is 11.7. The van der Waals surface area contributed by atoms with Crippen LogP contribution in [0.4, 0.5) is 0 Å². The molecule has 1 aliphatic rings. The first-order valence-electron chi connectivity index (χ1n) is 4.20. The van der Waals surface area contributed by atoms with E-state index < -0.39 is 0 Å². The molecule has 0 aromatic heterocycles. The smallest absolute Gasteiger partial charge is 0.0663 e. The minimum absolute atomic E-state index is 0.525. The molecule has 0 saturated carbocycles. The van der Waals surface area contributed by atoms with Crippen LogP contribution >= 0.6 is 0 Å². The number of hydrogen-bond acceptors (Lipinski definition) is 2. The highest BCUT2D eigenvalue weighted by molar-refractivity contribution is 4.98. The molecule has 1 unspecified atom stereocenters. The number of nitriles is 1. The Morgan fingerprint density at radius 1 is 1.55 bits per heavy atom. The third kappa shape index (κ3) is 3.20. The van der Waals surface area contributed by atoms with E-state index in [0.717, 1.165) is 6.54 Å². The summed E-state index contributed by atoms with van der Waals surface area (Å²) >= 11 is 0. The van der Waals surface area contributed by atoms with Gasteiger partial charge >= 0.3 is 0 Å². The fourth-order valence-corrected chi connectivity index (χ4v) is 1.33. The van der Waals surface area contributed by atoms with Gasteiger partial charge in [0, 0.05) is 6.04 Å². The molecule has 0 aromatic rings. The van der Waals surface area contributed by atoms with Crippen LogP contribution in [0.2, 0.25) is 0 Å². The van der Waals surface area contributed by atoms with E-state index >= 15 is 0 Å². The predicted octanol–water partition coefficient (Wildman–Crippen LogP) is 1.60. The number of allylic oxidation sites excluding steroid dienone is 1. The summed E-state index contributed by atoms with van der Waals surface area (Å²) in [5.74, 6) is 0. The van der Waals surface area contributed by atoms with Gasteiger partial charge in [-0.1, -0.05) is 18.6 Å². The summed E-state index contributed by atoms with van der Waals surface area (Å²) in [5.41, 5.74) is 0. The van der Waals surface area contributed by atoms with Crippen molar-refractivity contribution in [3.63, 3.8) is 0 Å². The maximum atomic E-state index is 8.27. The third-order valence-electron chi connectivity index (χ3n) is 1.93. The van der Waals surface area contributed by atoms with Crippen molar-refractivity contribution in [1.29, 1.82) is 5.26 Å². The number of nitrogens with zero attached hydrogens (tertiary/aromatic N) is 1. The Bertz CT molecular complexity index is 161. The minimum Gasteiger partial charge on any atom is -0.311 e. The number of nitrogens with one attached hydrogen (secondary N) is 1. The molecule has 0 amide bonds. The first-order valence-corrected chi connectivity index (χ1v) is 4.20. The van der Waals surface area contributed by atoms with Crippen LogP contribution in [0.3, 0.4) is 0 Å². The van der Waals surface area contributed by atoms with Gasteiger partial charge in [0.15, 0.2) is 0 Å². The number of piperidine rings is 1. The van der Waals surface area contributed by atoms with Crippen molar-refractivity contribution in [2.75, 3.05) is 6.54 Å². The Morgan fingerprint density at radius 3 is 3.09 bits per heavy atom. The highest BCUT2D eigenvalue weighted by Crippen LogP contribution is 2.07. The van der Waals surface area contributed by atoms with Gasteiger partial charge in [-0.15, -0.1) is 0 Å². The van der Waals surface area contributed by atoms with E-state index in [1.54, 1.807) is 0 Å². The lowest BCUT2D eigenvalue weighted by Gasteiger charge is -2.19. The molecular weight excluding hydrogens is 136 g/mol. The van der Waals surface area contributed by atoms with E-state index in [9.17, 15) is 0 Å². The van der Waals surface area contributed by atoms with E-state index in [1.807, 2.05) is 6.08 Å². The van der Waals surface area contributed by atoms with E-state index in [-0.39, 0.29) is 0 Å². The van der Waals surface area contributed by atoms with Crippen LogP contribution in [0, 0.1) is 11.3 Å². The van der Waals surface area contributed by atoms with E-state index in [1.165, 1.54) is 19.3 Å². The topological polar surface area (TPSA) is 35.8 Å². The van der Waals surface area contributed by atoms with Crippen LogP contribution in [0.25, 0.3) is 0 Å². The van der Waals surface area contributed by atoms with Gasteiger partial charge in [0.25, 0.3) is 0 Å². The van der Waals surface area contributed by atoms with Gasteiger partial charge in [-0.3, -0.25) is 0 Å². The van der Waals surface area contributed by atoms with Gasteiger partial charge in [0.1, 0.15) is 0 Å². The number of hydrogen-bond donors (Lipinski definition) is 1. The molecule has 1 atom stereocenters. The molecule has 60 valence electrons. The average molecular weight is 150 g/mol. The first-order chi connectivity index (χ1) is 5.43. The van der Waals surface area contributed by atoms with Crippen LogP contribution < -0.4 is 5.32 Å². The molecule has 0 aromatic carbocycles. The molecule has 1 N–H and O–H groups in total. The van der Waals surface area contributed by atoms with Crippen LogP contribution in [0.5, 0.6) is 0 Å². The molecular formula is C9H14N2. The molecule has 0 spiro atoms. The average Bonchev–Trinajstić information content (AvgIpc) is 2.07. The second kappa shape index (κ2) is 4.92. The standard InChI is InChI=1S/C9H14N2/c10-7-3-1-5-9-6-2-4-8-11-9/h1,5,9,11H,2-4,6,8H2/b5-1+. The largest absolute Gasteiger partial charge is 0.311 e. The normalized spacial score (nSPS) is 25.2. The van der Waals surface area contributed by atoms with Crippen molar-refractivity contribution in [1.82, 2.24) is 5.32 Å². The van der Waals surface area contributed by atoms with E-state index in [2.05, 4.69) is 17.5 Å². The predicted molar refractivity (Wildman–Crippen MR) is 45.0 cm³/mol. The minimum atomic E-state index is 0.525. The summed E-state index contributed by atoms with van der Waals surface area (Å²) in [6.07, 6.45) is 8.43. The fraction of sp³-hybridized carbons (Fsp3) is 0.667. The molecule has 1 aliphatic heterocycles. The molecule has 2 heteroatoms. The first kappa shape index (κ1) is 8.29. The Hall–Kier alpha value is -0.810. The monoisotopic (exact) mass is 150 g/mol. The van der Waals surface area contributed by atoms with Crippen molar-refractivity contribution in [3.8, 4) is 6.07 Å². The zero-order valence-corrected chi connectivity index (χ0v) is 6.71. The van der Waals surface area contributed by atoms with Crippen molar-refractivity contribution >= 4 is 0 Å². The molecule has 0 bridgehead atoms. The Balaban J connectivity index is 2.19. The maximum Gasteiger partial charge on any atom is 0.0663 e. The fourth-order valence-electron chi connectivity index (χ4n) is 1.33. The second-order valence-electron chi connectivity index (χ2n) is 2.85. The highest BCUT2D eigenvalue weighted by atomic mass is 14.9. The van der Waals surface area contributed by atoms with E-state index in [0.29, 0.717) is 12.5 Å². The zero-order valence-electron chi connectivity index (χ0n) is 6.71. The molecule has 1 rings (SSSR count). The van der Waals surface area contributed by atoms with Crippen LogP contribution in [0.15, 0.2) is 12.2 Å². The van der Waals surface area contributed by atoms with Gasteiger partial charge in [-0.05, 0) is 19.4 Å². The Labute approximate surface area is 67.9 Å². The summed E-state index contributed by atoms with van der Waals surface area (Å²) in [4.78, 5) is 0. The van der Waals surface area contributed by atoms with Crippen molar-refractivity contribution in [3.05, 3.63) is 12.2 Å². The van der Waals surface area contributed by atoms with Crippen LogP contribution in [0.1, 0.15) is 25.7 Å². The van der Waals surface area contributed by atoms with Gasteiger partial charge < -0.3 is 5.32 Å². The van der Waals surface area contributed by atoms with Gasteiger partial charge in [-0.25, -0.2) is 0 Å². The molecule has 1 heterocycles. The van der Waals surface area contributed by atoms with Crippen LogP contribution in [-0.4, -0.2) is 12.6 Å².